The lowest BCUT2D eigenvalue weighted by atomic mass is 9.98. The number of hydrogen-bond acceptors (Lipinski definition) is 4. The molecule has 0 N–H and O–H groups in total. The standard InChI is InChI=1S/C23H29ClN2O4/c1-13(2)12-26(22(28)17-10-8-9-11-18(17)24)16(5)21(27)19-14(3)20(23(29)30-7)25(6)15(19)4/h8-11,13,16H,12H2,1-7H3/t16-/m0/s1. The second-order valence-corrected chi connectivity index (χ2v) is 8.26. The van der Waals surface area contributed by atoms with Crippen LogP contribution in [0, 0.1) is 19.8 Å². The summed E-state index contributed by atoms with van der Waals surface area (Å²) in [6, 6.07) is 6.08. The summed E-state index contributed by atoms with van der Waals surface area (Å²) >= 11 is 6.24. The molecule has 1 heterocycles. The van der Waals surface area contributed by atoms with E-state index in [-0.39, 0.29) is 17.6 Å². The second kappa shape index (κ2) is 9.47. The number of esters is 1. The highest BCUT2D eigenvalue weighted by Crippen LogP contribution is 2.26. The van der Waals surface area contributed by atoms with Gasteiger partial charge in [0.2, 0.25) is 0 Å². The Bertz CT molecular complexity index is 978. The molecule has 2 rings (SSSR count). The first-order chi connectivity index (χ1) is 14.0. The van der Waals surface area contributed by atoms with Crippen molar-refractivity contribution in [3.63, 3.8) is 0 Å². The Balaban J connectivity index is 2.50. The van der Waals surface area contributed by atoms with Crippen LogP contribution in [-0.4, -0.2) is 46.8 Å². The van der Waals surface area contributed by atoms with Crippen molar-refractivity contribution < 1.29 is 19.1 Å². The zero-order valence-corrected chi connectivity index (χ0v) is 19.3. The first kappa shape index (κ1) is 23.7. The van der Waals surface area contributed by atoms with Gasteiger partial charge in [-0.15, -0.1) is 0 Å². The number of methoxy groups -OCH3 is 1. The van der Waals surface area contributed by atoms with Crippen LogP contribution in [0.3, 0.4) is 0 Å². The van der Waals surface area contributed by atoms with Crippen molar-refractivity contribution in [2.45, 2.75) is 40.7 Å². The third kappa shape index (κ3) is 4.43. The van der Waals surface area contributed by atoms with Crippen molar-refractivity contribution in [3.8, 4) is 0 Å². The summed E-state index contributed by atoms with van der Waals surface area (Å²) in [5.41, 5.74) is 2.33. The lowest BCUT2D eigenvalue weighted by Gasteiger charge is -2.30. The van der Waals surface area contributed by atoms with Gasteiger partial charge in [-0.25, -0.2) is 4.79 Å². The van der Waals surface area contributed by atoms with E-state index in [2.05, 4.69) is 0 Å². The quantitative estimate of drug-likeness (QED) is 0.478. The summed E-state index contributed by atoms with van der Waals surface area (Å²) in [6.07, 6.45) is 0. The Morgan fingerprint density at radius 1 is 1.13 bits per heavy atom. The molecule has 0 aliphatic heterocycles. The van der Waals surface area contributed by atoms with Crippen molar-refractivity contribution in [2.24, 2.45) is 13.0 Å². The van der Waals surface area contributed by atoms with Crippen molar-refractivity contribution in [2.75, 3.05) is 13.7 Å². The maximum atomic E-state index is 13.5. The predicted octanol–water partition coefficient (Wildman–Crippen LogP) is 4.45. The molecule has 1 amide bonds. The minimum Gasteiger partial charge on any atom is -0.464 e. The van der Waals surface area contributed by atoms with Crippen molar-refractivity contribution >= 4 is 29.3 Å². The van der Waals surface area contributed by atoms with E-state index < -0.39 is 12.0 Å². The topological polar surface area (TPSA) is 68.6 Å². The third-order valence-electron chi connectivity index (χ3n) is 5.33. The summed E-state index contributed by atoms with van der Waals surface area (Å²) in [5, 5.41) is 0.343. The lowest BCUT2D eigenvalue weighted by molar-refractivity contribution is 0.0587. The fraction of sp³-hybridized carbons (Fsp3) is 0.435. The Morgan fingerprint density at radius 2 is 1.73 bits per heavy atom. The highest BCUT2D eigenvalue weighted by atomic mass is 35.5. The molecule has 1 atom stereocenters. The van der Waals surface area contributed by atoms with Crippen molar-refractivity contribution in [1.29, 1.82) is 0 Å². The van der Waals surface area contributed by atoms with Gasteiger partial charge in [-0.1, -0.05) is 37.6 Å². The van der Waals surface area contributed by atoms with Gasteiger partial charge in [0.25, 0.3) is 5.91 Å². The number of carbonyl (C=O) groups excluding carboxylic acids is 3. The number of aromatic nitrogens is 1. The van der Waals surface area contributed by atoms with Crippen LogP contribution in [0.2, 0.25) is 5.02 Å². The van der Waals surface area contributed by atoms with E-state index >= 15 is 0 Å². The zero-order valence-electron chi connectivity index (χ0n) is 18.6. The highest BCUT2D eigenvalue weighted by molar-refractivity contribution is 6.33. The van der Waals surface area contributed by atoms with E-state index in [0.717, 1.165) is 0 Å². The zero-order chi connectivity index (χ0) is 22.7. The molecule has 0 saturated carbocycles. The number of ether oxygens (including phenoxy) is 1. The summed E-state index contributed by atoms with van der Waals surface area (Å²) in [5.74, 6) is -0.877. The van der Waals surface area contributed by atoms with Crippen LogP contribution in [0.4, 0.5) is 0 Å². The number of benzene rings is 1. The average Bonchev–Trinajstić information content (AvgIpc) is 2.92. The normalized spacial score (nSPS) is 12.0. The van der Waals surface area contributed by atoms with Gasteiger partial charge in [0, 0.05) is 24.8 Å². The molecule has 0 aliphatic rings. The minimum absolute atomic E-state index is 0.148. The van der Waals surface area contributed by atoms with E-state index in [1.165, 1.54) is 7.11 Å². The monoisotopic (exact) mass is 432 g/mol. The van der Waals surface area contributed by atoms with Gasteiger partial charge >= 0.3 is 5.97 Å². The fourth-order valence-electron chi connectivity index (χ4n) is 3.68. The maximum Gasteiger partial charge on any atom is 0.354 e. The Labute approximate surface area is 182 Å². The SMILES string of the molecule is COC(=O)c1c(C)c(C(=O)[C@H](C)N(CC(C)C)C(=O)c2ccccc2Cl)c(C)n1C. The largest absolute Gasteiger partial charge is 0.464 e. The van der Waals surface area contributed by atoms with Gasteiger partial charge in [0.15, 0.2) is 5.78 Å². The summed E-state index contributed by atoms with van der Waals surface area (Å²) < 4.78 is 6.52. The second-order valence-electron chi connectivity index (χ2n) is 7.86. The van der Waals surface area contributed by atoms with E-state index in [9.17, 15) is 14.4 Å². The van der Waals surface area contributed by atoms with Crippen molar-refractivity contribution in [1.82, 2.24) is 9.47 Å². The third-order valence-corrected chi connectivity index (χ3v) is 5.66. The van der Waals surface area contributed by atoms with Crippen LogP contribution in [0.5, 0.6) is 0 Å². The number of amides is 1. The van der Waals surface area contributed by atoms with Crippen LogP contribution in [0.1, 0.15) is 63.2 Å². The van der Waals surface area contributed by atoms with Gasteiger partial charge in [0.05, 0.1) is 23.7 Å². The molecule has 0 saturated heterocycles. The smallest absolute Gasteiger partial charge is 0.354 e. The molecule has 2 aromatic rings. The van der Waals surface area contributed by atoms with Crippen LogP contribution in [0.15, 0.2) is 24.3 Å². The molecule has 1 aromatic heterocycles. The number of Topliss-reactive ketones (excluding diaryl/α,β-unsaturated/α-hetero) is 1. The fourth-order valence-corrected chi connectivity index (χ4v) is 3.89. The van der Waals surface area contributed by atoms with Crippen LogP contribution in [-0.2, 0) is 11.8 Å². The molecule has 30 heavy (non-hydrogen) atoms. The van der Waals surface area contributed by atoms with E-state index in [0.29, 0.717) is 39.6 Å². The number of carbonyl (C=O) groups is 3. The Morgan fingerprint density at radius 3 is 2.27 bits per heavy atom. The van der Waals surface area contributed by atoms with E-state index in [4.69, 9.17) is 16.3 Å². The number of hydrogen-bond donors (Lipinski definition) is 0. The van der Waals surface area contributed by atoms with E-state index in [1.807, 2.05) is 13.8 Å². The molecule has 0 unspecified atom stereocenters. The molecule has 1 aromatic carbocycles. The van der Waals surface area contributed by atoms with Gasteiger partial charge in [0.1, 0.15) is 5.69 Å². The van der Waals surface area contributed by atoms with Crippen molar-refractivity contribution in [3.05, 3.63) is 57.4 Å². The minimum atomic E-state index is -0.735. The molecular formula is C23H29ClN2O4. The molecule has 0 bridgehead atoms. The maximum absolute atomic E-state index is 13.5. The number of nitrogens with zero attached hydrogens (tertiary/aromatic N) is 2. The molecule has 0 radical (unpaired) electrons. The molecule has 162 valence electrons. The lowest BCUT2D eigenvalue weighted by Crippen LogP contribution is -2.45. The molecule has 0 fully saturated rings. The number of ketones is 1. The Kier molecular flexibility index (Phi) is 7.48. The average molecular weight is 433 g/mol. The summed E-state index contributed by atoms with van der Waals surface area (Å²) in [4.78, 5) is 40.5. The first-order valence-electron chi connectivity index (χ1n) is 9.86. The van der Waals surface area contributed by atoms with Gasteiger partial charge in [-0.3, -0.25) is 9.59 Å². The van der Waals surface area contributed by atoms with Crippen LogP contribution >= 0.6 is 11.6 Å². The van der Waals surface area contributed by atoms with E-state index in [1.54, 1.807) is 61.6 Å². The molecular weight excluding hydrogens is 404 g/mol. The number of rotatable bonds is 7. The predicted molar refractivity (Wildman–Crippen MR) is 117 cm³/mol. The summed E-state index contributed by atoms with van der Waals surface area (Å²) in [7, 11) is 3.03. The van der Waals surface area contributed by atoms with Crippen LogP contribution in [0.25, 0.3) is 0 Å². The van der Waals surface area contributed by atoms with Gasteiger partial charge in [-0.2, -0.15) is 0 Å². The Hall–Kier alpha value is -2.60. The molecule has 6 nitrogen and oxygen atoms in total. The van der Waals surface area contributed by atoms with Gasteiger partial charge < -0.3 is 14.2 Å². The molecule has 0 aliphatic carbocycles. The van der Waals surface area contributed by atoms with Gasteiger partial charge in [-0.05, 0) is 44.4 Å². The highest BCUT2D eigenvalue weighted by Gasteiger charge is 2.33. The molecule has 0 spiro atoms. The number of halogens is 1. The first-order valence-corrected chi connectivity index (χ1v) is 10.2. The molecule has 7 heteroatoms. The summed E-state index contributed by atoms with van der Waals surface area (Å²) in [6.45, 7) is 9.58. The van der Waals surface area contributed by atoms with Crippen LogP contribution < -0.4 is 0 Å².